The fourth-order valence-corrected chi connectivity index (χ4v) is 4.39. The zero-order valence-electron chi connectivity index (χ0n) is 20.4. The van der Waals surface area contributed by atoms with Gasteiger partial charge in [0.25, 0.3) is 0 Å². The van der Waals surface area contributed by atoms with Gasteiger partial charge in [0.2, 0.25) is 0 Å². The van der Waals surface area contributed by atoms with Crippen LogP contribution in [0.2, 0.25) is 0 Å². The molecule has 0 aliphatic carbocycles. The maximum Gasteiger partial charge on any atom is 0.318 e. The number of hydrogen-bond acceptors (Lipinski definition) is 6. The molecule has 5 rings (SSSR count). The van der Waals surface area contributed by atoms with Crippen LogP contribution in [0.15, 0.2) is 48.7 Å². The molecule has 9 heteroatoms. The predicted octanol–water partition coefficient (Wildman–Crippen LogP) is 3.40. The van der Waals surface area contributed by atoms with Crippen molar-refractivity contribution in [2.45, 2.75) is 6.54 Å². The molecule has 2 aromatic carbocycles. The Bertz CT molecular complexity index is 1340. The molecule has 2 N–H and O–H groups in total. The number of nitrogens with one attached hydrogen (secondary N) is 2. The summed E-state index contributed by atoms with van der Waals surface area (Å²) in [5.41, 5.74) is 3.72. The molecule has 1 aliphatic rings. The van der Waals surface area contributed by atoms with E-state index in [1.807, 2.05) is 24.3 Å². The second-order valence-corrected chi connectivity index (χ2v) is 8.96. The number of nitrogens with zero attached hydrogens (tertiary/aromatic N) is 5. The van der Waals surface area contributed by atoms with Gasteiger partial charge in [-0.15, -0.1) is 0 Å². The second-order valence-electron chi connectivity index (χ2n) is 8.96. The molecular weight excluding hydrogens is 442 g/mol. The number of amides is 2. The van der Waals surface area contributed by atoms with Gasteiger partial charge in [-0.05, 0) is 56.6 Å². The first-order valence-corrected chi connectivity index (χ1v) is 11.9. The SMILES string of the molecule is CNC(=O)Nc1ccc(-c2nc(N3CCOCC3)c3ccc4c(ccn4CCN(C)C)c3n2)cc1. The van der Waals surface area contributed by atoms with Gasteiger partial charge in [0.05, 0.1) is 24.2 Å². The number of urea groups is 1. The maximum atomic E-state index is 11.6. The molecule has 0 bridgehead atoms. The molecule has 2 amide bonds. The number of rotatable bonds is 6. The molecule has 0 saturated carbocycles. The van der Waals surface area contributed by atoms with Crippen LogP contribution in [-0.2, 0) is 11.3 Å². The molecule has 1 saturated heterocycles. The molecule has 0 radical (unpaired) electrons. The average Bonchev–Trinajstić information content (AvgIpc) is 3.31. The van der Waals surface area contributed by atoms with Crippen molar-refractivity contribution < 1.29 is 9.53 Å². The van der Waals surface area contributed by atoms with Crippen LogP contribution >= 0.6 is 0 Å². The lowest BCUT2D eigenvalue weighted by Gasteiger charge is -2.29. The molecular formula is C26H31N7O2. The molecule has 35 heavy (non-hydrogen) atoms. The average molecular weight is 474 g/mol. The molecule has 0 unspecified atom stereocenters. The van der Waals surface area contributed by atoms with Gasteiger partial charge >= 0.3 is 6.03 Å². The van der Waals surface area contributed by atoms with Crippen molar-refractivity contribution >= 4 is 39.3 Å². The highest BCUT2D eigenvalue weighted by molar-refractivity contribution is 6.08. The van der Waals surface area contributed by atoms with Crippen LogP contribution < -0.4 is 15.5 Å². The number of fused-ring (bicyclic) bond motifs is 3. The summed E-state index contributed by atoms with van der Waals surface area (Å²) in [6.45, 7) is 4.83. The number of morpholine rings is 1. The third-order valence-electron chi connectivity index (χ3n) is 6.32. The van der Waals surface area contributed by atoms with E-state index in [1.54, 1.807) is 7.05 Å². The van der Waals surface area contributed by atoms with E-state index in [2.05, 4.69) is 63.5 Å². The molecule has 4 aromatic rings. The number of likely N-dealkylation sites (N-methyl/N-ethyl adjacent to an activating group) is 1. The predicted molar refractivity (Wildman–Crippen MR) is 140 cm³/mol. The Labute approximate surface area is 204 Å². The molecule has 1 fully saturated rings. The fourth-order valence-electron chi connectivity index (χ4n) is 4.39. The minimum absolute atomic E-state index is 0.254. The molecule has 2 aromatic heterocycles. The van der Waals surface area contributed by atoms with Crippen LogP contribution in [-0.4, -0.2) is 79.5 Å². The Morgan fingerprint density at radius 1 is 1.03 bits per heavy atom. The van der Waals surface area contributed by atoms with Gasteiger partial charge in [0.1, 0.15) is 5.82 Å². The Morgan fingerprint density at radius 2 is 1.80 bits per heavy atom. The Balaban J connectivity index is 1.61. The van der Waals surface area contributed by atoms with Gasteiger partial charge in [0, 0.05) is 61.4 Å². The lowest BCUT2D eigenvalue weighted by Crippen LogP contribution is -2.37. The molecule has 3 heterocycles. The van der Waals surface area contributed by atoms with Crippen molar-refractivity contribution in [2.75, 3.05) is 64.2 Å². The molecule has 0 spiro atoms. The summed E-state index contributed by atoms with van der Waals surface area (Å²) in [7, 11) is 5.77. The summed E-state index contributed by atoms with van der Waals surface area (Å²) >= 11 is 0. The zero-order chi connectivity index (χ0) is 24.4. The quantitative estimate of drug-likeness (QED) is 0.446. The molecule has 182 valence electrons. The fraction of sp³-hybridized carbons (Fsp3) is 0.346. The van der Waals surface area contributed by atoms with Crippen molar-refractivity contribution in [2.24, 2.45) is 0 Å². The largest absolute Gasteiger partial charge is 0.378 e. The topological polar surface area (TPSA) is 87.6 Å². The van der Waals surface area contributed by atoms with Crippen molar-refractivity contribution in [3.8, 4) is 11.4 Å². The Hall–Kier alpha value is -3.69. The number of carbonyl (C=O) groups is 1. The van der Waals surface area contributed by atoms with Crippen molar-refractivity contribution in [3.05, 3.63) is 48.7 Å². The minimum Gasteiger partial charge on any atom is -0.378 e. The third kappa shape index (κ3) is 4.78. The van der Waals surface area contributed by atoms with Gasteiger partial charge in [0.15, 0.2) is 5.82 Å². The zero-order valence-corrected chi connectivity index (χ0v) is 20.4. The summed E-state index contributed by atoms with van der Waals surface area (Å²) in [6, 6.07) is 13.8. The van der Waals surface area contributed by atoms with E-state index in [9.17, 15) is 4.79 Å². The van der Waals surface area contributed by atoms with Gasteiger partial charge < -0.3 is 29.7 Å². The number of aromatic nitrogens is 3. The lowest BCUT2D eigenvalue weighted by atomic mass is 10.1. The van der Waals surface area contributed by atoms with Gasteiger partial charge in [-0.3, -0.25) is 0 Å². The smallest absolute Gasteiger partial charge is 0.318 e. The van der Waals surface area contributed by atoms with E-state index in [1.165, 1.54) is 5.52 Å². The molecule has 0 atom stereocenters. The summed E-state index contributed by atoms with van der Waals surface area (Å²) in [5.74, 6) is 1.60. The number of hydrogen-bond donors (Lipinski definition) is 2. The van der Waals surface area contributed by atoms with Crippen LogP contribution in [0.3, 0.4) is 0 Å². The summed E-state index contributed by atoms with van der Waals surface area (Å²) in [5, 5.41) is 7.52. The minimum atomic E-state index is -0.254. The summed E-state index contributed by atoms with van der Waals surface area (Å²) in [4.78, 5) is 26.2. The first-order valence-electron chi connectivity index (χ1n) is 11.9. The van der Waals surface area contributed by atoms with Gasteiger partial charge in [-0.25, -0.2) is 14.8 Å². The number of anilines is 2. The molecule has 9 nitrogen and oxygen atoms in total. The first kappa shape index (κ1) is 23.1. The van der Waals surface area contributed by atoms with E-state index >= 15 is 0 Å². The van der Waals surface area contributed by atoms with Crippen molar-refractivity contribution in [1.29, 1.82) is 0 Å². The van der Waals surface area contributed by atoms with Crippen LogP contribution in [0.4, 0.5) is 16.3 Å². The van der Waals surface area contributed by atoms with Gasteiger partial charge in [-0.2, -0.15) is 0 Å². The monoisotopic (exact) mass is 473 g/mol. The van der Waals surface area contributed by atoms with Crippen LogP contribution in [0.1, 0.15) is 0 Å². The van der Waals surface area contributed by atoms with E-state index in [4.69, 9.17) is 14.7 Å². The number of carbonyl (C=O) groups excluding carboxylic acids is 1. The van der Waals surface area contributed by atoms with Crippen LogP contribution in [0.5, 0.6) is 0 Å². The Morgan fingerprint density at radius 3 is 2.51 bits per heavy atom. The highest BCUT2D eigenvalue weighted by atomic mass is 16.5. The van der Waals surface area contributed by atoms with E-state index in [-0.39, 0.29) is 6.03 Å². The summed E-state index contributed by atoms with van der Waals surface area (Å²) < 4.78 is 7.87. The normalized spacial score (nSPS) is 14.1. The van der Waals surface area contributed by atoms with Crippen LogP contribution in [0.25, 0.3) is 33.2 Å². The maximum absolute atomic E-state index is 11.6. The summed E-state index contributed by atoms with van der Waals surface area (Å²) in [6.07, 6.45) is 2.14. The van der Waals surface area contributed by atoms with E-state index < -0.39 is 0 Å². The highest BCUT2D eigenvalue weighted by Gasteiger charge is 2.20. The lowest BCUT2D eigenvalue weighted by molar-refractivity contribution is 0.122. The van der Waals surface area contributed by atoms with Crippen molar-refractivity contribution in [1.82, 2.24) is 24.8 Å². The van der Waals surface area contributed by atoms with Crippen molar-refractivity contribution in [3.63, 3.8) is 0 Å². The van der Waals surface area contributed by atoms with Gasteiger partial charge in [-0.1, -0.05) is 0 Å². The third-order valence-corrected chi connectivity index (χ3v) is 6.32. The molecule has 1 aliphatic heterocycles. The standard InChI is InChI=1S/C26H31N7O2/c1-27-26(34)28-19-6-4-18(5-7-19)24-29-23-20-10-11-32(13-12-31(2)3)22(20)9-8-21(23)25(30-24)33-14-16-35-17-15-33/h4-11H,12-17H2,1-3H3,(H2,27,28,34). The number of benzene rings is 2. The van der Waals surface area contributed by atoms with Crippen LogP contribution in [0, 0.1) is 0 Å². The van der Waals surface area contributed by atoms with E-state index in [0.29, 0.717) is 24.7 Å². The Kier molecular flexibility index (Phi) is 6.52. The first-order chi connectivity index (χ1) is 17.0. The highest BCUT2D eigenvalue weighted by Crippen LogP contribution is 2.33. The second kappa shape index (κ2) is 9.89. The van der Waals surface area contributed by atoms with E-state index in [0.717, 1.165) is 53.8 Å². The number of ether oxygens (including phenoxy) is 1.